The van der Waals surface area contributed by atoms with E-state index < -0.39 is 0 Å². The van der Waals surface area contributed by atoms with Crippen LogP contribution in [0.25, 0.3) is 50.0 Å². The summed E-state index contributed by atoms with van der Waals surface area (Å²) < 4.78 is 8.62. The number of para-hydroxylation sites is 1. The summed E-state index contributed by atoms with van der Waals surface area (Å²) in [6.07, 6.45) is 0. The molecular weight excluding hydrogens is 574 g/mol. The number of anilines is 3. The van der Waals surface area contributed by atoms with E-state index in [4.69, 9.17) is 9.40 Å². The van der Waals surface area contributed by atoms with Crippen LogP contribution in [0.1, 0.15) is 37.5 Å². The predicted molar refractivity (Wildman–Crippen MR) is 197 cm³/mol. The highest BCUT2D eigenvalue weighted by atomic mass is 16.3. The second-order valence-corrected chi connectivity index (χ2v) is 13.6. The Hall–Kier alpha value is -5.61. The highest BCUT2D eigenvalue weighted by molar-refractivity contribution is 6.10. The number of aryl methyl sites for hydroxylation is 2. The summed E-state index contributed by atoms with van der Waals surface area (Å²) in [7, 11) is 0. The smallest absolute Gasteiger partial charge is 0.227 e. The summed E-state index contributed by atoms with van der Waals surface area (Å²) in [6.45, 7) is 10.9. The highest BCUT2D eigenvalue weighted by Crippen LogP contribution is 2.38. The Bertz CT molecular complexity index is 2340. The van der Waals surface area contributed by atoms with Crippen LogP contribution >= 0.6 is 0 Å². The van der Waals surface area contributed by atoms with Crippen molar-refractivity contribution in [1.29, 1.82) is 0 Å². The quantitative estimate of drug-likeness (QED) is 0.194. The summed E-state index contributed by atoms with van der Waals surface area (Å²) >= 11 is 0. The van der Waals surface area contributed by atoms with Crippen LogP contribution in [0.15, 0.2) is 138 Å². The van der Waals surface area contributed by atoms with Crippen LogP contribution in [0.3, 0.4) is 0 Å². The van der Waals surface area contributed by atoms with E-state index in [2.05, 4.69) is 171 Å². The van der Waals surface area contributed by atoms with E-state index >= 15 is 0 Å². The van der Waals surface area contributed by atoms with Gasteiger partial charge in [0.05, 0.1) is 11.0 Å². The van der Waals surface area contributed by atoms with Gasteiger partial charge in [0.15, 0.2) is 5.58 Å². The van der Waals surface area contributed by atoms with E-state index in [9.17, 15) is 0 Å². The van der Waals surface area contributed by atoms with Crippen LogP contribution in [0.5, 0.6) is 0 Å². The second kappa shape index (κ2) is 11.0. The van der Waals surface area contributed by atoms with Crippen molar-refractivity contribution in [3.05, 3.63) is 150 Å². The number of benzene rings is 6. The van der Waals surface area contributed by atoms with Crippen molar-refractivity contribution >= 4 is 50.0 Å². The molecule has 0 fully saturated rings. The van der Waals surface area contributed by atoms with Crippen LogP contribution in [0.2, 0.25) is 0 Å². The third-order valence-electron chi connectivity index (χ3n) is 9.12. The number of oxazole rings is 1. The average Bonchev–Trinajstić information content (AvgIpc) is 3.65. The lowest BCUT2D eigenvalue weighted by Gasteiger charge is -2.26. The van der Waals surface area contributed by atoms with Gasteiger partial charge in [0, 0.05) is 39.1 Å². The minimum absolute atomic E-state index is 0.0475. The number of nitrogens with zero attached hydrogens (tertiary/aromatic N) is 3. The van der Waals surface area contributed by atoms with E-state index in [1.54, 1.807) is 0 Å². The van der Waals surface area contributed by atoms with Crippen molar-refractivity contribution in [1.82, 2.24) is 9.55 Å². The van der Waals surface area contributed by atoms with Crippen molar-refractivity contribution in [3.63, 3.8) is 0 Å². The zero-order valence-corrected chi connectivity index (χ0v) is 27.5. The second-order valence-electron chi connectivity index (χ2n) is 13.6. The minimum atomic E-state index is 0.0475. The topological polar surface area (TPSA) is 34.2 Å². The molecule has 0 saturated heterocycles. The molecule has 47 heavy (non-hydrogen) atoms. The summed E-state index contributed by atoms with van der Waals surface area (Å²) in [6, 6.07) is 47.8. The third kappa shape index (κ3) is 5.16. The van der Waals surface area contributed by atoms with Gasteiger partial charge in [-0.3, -0.25) is 0 Å². The van der Waals surface area contributed by atoms with Crippen molar-refractivity contribution in [2.45, 2.75) is 40.0 Å². The molecule has 4 nitrogen and oxygen atoms in total. The molecule has 0 unspecified atom stereocenters. The lowest BCUT2D eigenvalue weighted by atomic mass is 9.87. The first-order valence-electron chi connectivity index (χ1n) is 16.2. The van der Waals surface area contributed by atoms with Gasteiger partial charge in [0.1, 0.15) is 5.52 Å². The van der Waals surface area contributed by atoms with Gasteiger partial charge in [-0.2, -0.15) is 0 Å². The van der Waals surface area contributed by atoms with Crippen LogP contribution < -0.4 is 4.90 Å². The Morgan fingerprint density at radius 1 is 0.596 bits per heavy atom. The summed E-state index contributed by atoms with van der Waals surface area (Å²) in [5.74, 6) is 0.640. The Morgan fingerprint density at radius 2 is 1.19 bits per heavy atom. The van der Waals surface area contributed by atoms with E-state index in [0.717, 1.165) is 50.4 Å². The molecule has 0 N–H and O–H groups in total. The van der Waals surface area contributed by atoms with E-state index in [-0.39, 0.29) is 5.41 Å². The van der Waals surface area contributed by atoms with Gasteiger partial charge >= 0.3 is 0 Å². The normalized spacial score (nSPS) is 11.9. The molecule has 4 heteroatoms. The zero-order valence-electron chi connectivity index (χ0n) is 27.5. The van der Waals surface area contributed by atoms with Crippen molar-refractivity contribution in [3.8, 4) is 17.1 Å². The molecule has 0 saturated carbocycles. The SMILES string of the molecule is Cc1ccc(N(c2ccc(C)cc2)c2ccc(-n3c4ccccc4c4cc(-c5nc6cc(C(C)(C)C)ccc6o5)ccc43)cc2)cc1. The maximum absolute atomic E-state index is 6.27. The standard InChI is InChI=1S/C43H37N3O/c1-28-10-16-32(17-11-28)45(33-18-12-29(2)13-19-33)34-20-22-35(23-21-34)46-39-9-7-6-8-36(39)37-26-30(14-24-40(37)46)42-44-38-27-31(43(3,4)5)15-25-41(38)47-42/h6-27H,1-5H3. The third-order valence-corrected chi connectivity index (χ3v) is 9.12. The molecule has 230 valence electrons. The molecule has 0 atom stereocenters. The fourth-order valence-electron chi connectivity index (χ4n) is 6.49. The molecule has 0 bridgehead atoms. The molecule has 6 aromatic carbocycles. The largest absolute Gasteiger partial charge is 0.436 e. The molecule has 8 aromatic rings. The number of hydrogen-bond donors (Lipinski definition) is 0. The monoisotopic (exact) mass is 611 g/mol. The molecule has 0 spiro atoms. The van der Waals surface area contributed by atoms with Crippen LogP contribution in [0.4, 0.5) is 17.1 Å². The van der Waals surface area contributed by atoms with Crippen LogP contribution in [-0.4, -0.2) is 9.55 Å². The summed E-state index contributed by atoms with van der Waals surface area (Å²) in [4.78, 5) is 7.23. The number of hydrogen-bond acceptors (Lipinski definition) is 3. The molecule has 0 amide bonds. The fourth-order valence-corrected chi connectivity index (χ4v) is 6.49. The van der Waals surface area contributed by atoms with Crippen molar-refractivity contribution in [2.75, 3.05) is 4.90 Å². The van der Waals surface area contributed by atoms with Crippen molar-refractivity contribution in [2.24, 2.45) is 0 Å². The van der Waals surface area contributed by atoms with Crippen LogP contribution in [-0.2, 0) is 5.41 Å². The van der Waals surface area contributed by atoms with Gasteiger partial charge in [-0.1, -0.05) is 80.4 Å². The van der Waals surface area contributed by atoms with E-state index in [1.165, 1.54) is 27.5 Å². The molecule has 0 aliphatic carbocycles. The molecular formula is C43H37N3O. The van der Waals surface area contributed by atoms with Gasteiger partial charge < -0.3 is 13.9 Å². The fraction of sp³-hybridized carbons (Fsp3) is 0.140. The predicted octanol–water partition coefficient (Wildman–Crippen LogP) is 12.0. The Kier molecular flexibility index (Phi) is 6.76. The molecule has 2 aromatic heterocycles. The minimum Gasteiger partial charge on any atom is -0.436 e. The Balaban J connectivity index is 1.22. The molecule has 0 aliphatic rings. The zero-order chi connectivity index (χ0) is 32.3. The first-order chi connectivity index (χ1) is 22.7. The summed E-state index contributed by atoms with van der Waals surface area (Å²) in [5, 5.41) is 2.36. The molecule has 0 radical (unpaired) electrons. The van der Waals surface area contributed by atoms with Crippen LogP contribution in [0, 0.1) is 13.8 Å². The first-order valence-corrected chi connectivity index (χ1v) is 16.2. The van der Waals surface area contributed by atoms with Gasteiger partial charge in [-0.25, -0.2) is 4.98 Å². The number of aromatic nitrogens is 2. The summed E-state index contributed by atoms with van der Waals surface area (Å²) in [5.41, 5.74) is 13.2. The number of fused-ring (bicyclic) bond motifs is 4. The molecule has 2 heterocycles. The van der Waals surface area contributed by atoms with E-state index in [1.807, 2.05) is 6.07 Å². The van der Waals surface area contributed by atoms with Gasteiger partial charge in [0.25, 0.3) is 0 Å². The van der Waals surface area contributed by atoms with Gasteiger partial charge in [-0.05, 0) is 110 Å². The average molecular weight is 612 g/mol. The maximum Gasteiger partial charge on any atom is 0.227 e. The Morgan fingerprint density at radius 3 is 1.83 bits per heavy atom. The maximum atomic E-state index is 6.27. The molecule has 0 aliphatic heterocycles. The first kappa shape index (κ1) is 28.8. The molecule has 8 rings (SSSR count). The van der Waals surface area contributed by atoms with Gasteiger partial charge in [-0.15, -0.1) is 0 Å². The lowest BCUT2D eigenvalue weighted by Crippen LogP contribution is -2.10. The van der Waals surface area contributed by atoms with Gasteiger partial charge in [0.2, 0.25) is 5.89 Å². The lowest BCUT2D eigenvalue weighted by molar-refractivity contribution is 0.590. The number of rotatable bonds is 5. The highest BCUT2D eigenvalue weighted by Gasteiger charge is 2.19. The van der Waals surface area contributed by atoms with Crippen molar-refractivity contribution < 1.29 is 4.42 Å². The Labute approximate surface area is 275 Å². The van der Waals surface area contributed by atoms with E-state index in [0.29, 0.717) is 5.89 Å².